The standard InChI is InChI=1S/C10H12O5/c11-5-8(12)6-15-9-3-1-7(2-4-9)10(13)14/h1-4,8,11-12H,5-6H2,(H,13,14)/t8-/m0/s1. The van der Waals surface area contributed by atoms with E-state index in [0.717, 1.165) is 0 Å². The lowest BCUT2D eigenvalue weighted by Gasteiger charge is -2.09. The monoisotopic (exact) mass is 212 g/mol. The van der Waals surface area contributed by atoms with E-state index in [-0.39, 0.29) is 18.8 Å². The Kier molecular flexibility index (Phi) is 4.08. The van der Waals surface area contributed by atoms with Crippen LogP contribution in [0.1, 0.15) is 10.4 Å². The number of carboxylic acids is 1. The molecule has 15 heavy (non-hydrogen) atoms. The summed E-state index contributed by atoms with van der Waals surface area (Å²) in [6.07, 6.45) is -0.927. The number of carboxylic acid groups (broad SMARTS) is 1. The van der Waals surface area contributed by atoms with Crippen LogP contribution in [0.2, 0.25) is 0 Å². The molecule has 0 amide bonds. The molecule has 0 aliphatic heterocycles. The Balaban J connectivity index is 2.53. The van der Waals surface area contributed by atoms with Crippen molar-refractivity contribution < 1.29 is 24.9 Å². The highest BCUT2D eigenvalue weighted by atomic mass is 16.5. The lowest BCUT2D eigenvalue weighted by molar-refractivity contribution is 0.0536. The van der Waals surface area contributed by atoms with E-state index in [0.29, 0.717) is 5.75 Å². The molecule has 0 fully saturated rings. The average molecular weight is 212 g/mol. The second kappa shape index (κ2) is 5.33. The highest BCUT2D eigenvalue weighted by Gasteiger charge is 2.04. The van der Waals surface area contributed by atoms with E-state index in [2.05, 4.69) is 0 Å². The van der Waals surface area contributed by atoms with Gasteiger partial charge in [-0.25, -0.2) is 4.79 Å². The van der Waals surface area contributed by atoms with E-state index in [4.69, 9.17) is 20.1 Å². The molecule has 0 aliphatic carbocycles. The number of hydrogen-bond donors (Lipinski definition) is 3. The topological polar surface area (TPSA) is 87.0 Å². The van der Waals surface area contributed by atoms with Crippen LogP contribution >= 0.6 is 0 Å². The molecule has 0 bridgehead atoms. The SMILES string of the molecule is O=C(O)c1ccc(OC[C@@H](O)CO)cc1. The number of aromatic carboxylic acids is 1. The van der Waals surface area contributed by atoms with Gasteiger partial charge in [0.2, 0.25) is 0 Å². The number of ether oxygens (including phenoxy) is 1. The van der Waals surface area contributed by atoms with Crippen LogP contribution in [0.15, 0.2) is 24.3 Å². The third-order valence-electron chi connectivity index (χ3n) is 1.75. The van der Waals surface area contributed by atoms with E-state index in [1.807, 2.05) is 0 Å². The Labute approximate surface area is 86.5 Å². The summed E-state index contributed by atoms with van der Waals surface area (Å²) in [5, 5.41) is 26.1. The first-order chi connectivity index (χ1) is 7.13. The zero-order valence-corrected chi connectivity index (χ0v) is 7.96. The molecule has 0 aromatic heterocycles. The van der Waals surface area contributed by atoms with Crippen LogP contribution in [0.3, 0.4) is 0 Å². The molecular formula is C10H12O5. The largest absolute Gasteiger partial charge is 0.491 e. The summed E-state index contributed by atoms with van der Waals surface area (Å²) >= 11 is 0. The minimum absolute atomic E-state index is 0.0249. The van der Waals surface area contributed by atoms with Crippen molar-refractivity contribution in [3.05, 3.63) is 29.8 Å². The number of rotatable bonds is 5. The Hall–Kier alpha value is -1.59. The van der Waals surface area contributed by atoms with Crippen molar-refractivity contribution in [2.45, 2.75) is 6.10 Å². The molecular weight excluding hydrogens is 200 g/mol. The van der Waals surface area contributed by atoms with Gasteiger partial charge in [0.25, 0.3) is 0 Å². The van der Waals surface area contributed by atoms with Gasteiger partial charge in [-0.3, -0.25) is 0 Å². The first-order valence-electron chi connectivity index (χ1n) is 4.38. The van der Waals surface area contributed by atoms with E-state index in [1.54, 1.807) is 0 Å². The van der Waals surface area contributed by atoms with E-state index in [9.17, 15) is 4.79 Å². The molecule has 0 heterocycles. The van der Waals surface area contributed by atoms with Crippen molar-refractivity contribution in [2.75, 3.05) is 13.2 Å². The first-order valence-corrected chi connectivity index (χ1v) is 4.38. The van der Waals surface area contributed by atoms with Crippen molar-refractivity contribution >= 4 is 5.97 Å². The predicted molar refractivity (Wildman–Crippen MR) is 52.0 cm³/mol. The zero-order chi connectivity index (χ0) is 11.3. The molecule has 0 saturated carbocycles. The molecule has 1 aromatic carbocycles. The molecule has 82 valence electrons. The maximum atomic E-state index is 10.5. The Morgan fingerprint density at radius 3 is 2.40 bits per heavy atom. The summed E-state index contributed by atoms with van der Waals surface area (Å²) in [6, 6.07) is 5.80. The van der Waals surface area contributed by atoms with Crippen LogP contribution in [0.25, 0.3) is 0 Å². The predicted octanol–water partition coefficient (Wildman–Crippen LogP) is 0.117. The fourth-order valence-corrected chi connectivity index (χ4v) is 0.939. The van der Waals surface area contributed by atoms with Gasteiger partial charge in [0.1, 0.15) is 18.5 Å². The molecule has 1 rings (SSSR count). The number of carbonyl (C=O) groups is 1. The maximum absolute atomic E-state index is 10.5. The minimum atomic E-state index is -1.00. The first kappa shape index (κ1) is 11.5. The van der Waals surface area contributed by atoms with Crippen molar-refractivity contribution in [1.82, 2.24) is 0 Å². The van der Waals surface area contributed by atoms with Crippen LogP contribution < -0.4 is 4.74 Å². The molecule has 3 N–H and O–H groups in total. The van der Waals surface area contributed by atoms with E-state index >= 15 is 0 Å². The van der Waals surface area contributed by atoms with Crippen molar-refractivity contribution in [3.63, 3.8) is 0 Å². The third-order valence-corrected chi connectivity index (χ3v) is 1.75. The summed E-state index contributed by atoms with van der Waals surface area (Å²) < 4.78 is 5.09. The molecule has 1 aromatic rings. The fourth-order valence-electron chi connectivity index (χ4n) is 0.939. The third kappa shape index (κ3) is 3.57. The Morgan fingerprint density at radius 1 is 1.33 bits per heavy atom. The van der Waals surface area contributed by atoms with Gasteiger partial charge in [-0.05, 0) is 24.3 Å². The Bertz CT molecular complexity index is 319. The molecule has 5 heteroatoms. The van der Waals surface area contributed by atoms with Crippen LogP contribution in [0.4, 0.5) is 0 Å². The number of aliphatic hydroxyl groups excluding tert-OH is 2. The summed E-state index contributed by atoms with van der Waals surface area (Å²) in [5.41, 5.74) is 0.171. The Morgan fingerprint density at radius 2 is 1.93 bits per heavy atom. The van der Waals surface area contributed by atoms with E-state index in [1.165, 1.54) is 24.3 Å². The summed E-state index contributed by atoms with van der Waals surface area (Å²) in [5.74, 6) is -0.551. The van der Waals surface area contributed by atoms with Gasteiger partial charge in [-0.1, -0.05) is 0 Å². The summed E-state index contributed by atoms with van der Waals surface area (Å²) in [7, 11) is 0. The van der Waals surface area contributed by atoms with Gasteiger partial charge >= 0.3 is 5.97 Å². The average Bonchev–Trinajstić information content (AvgIpc) is 2.26. The van der Waals surface area contributed by atoms with Gasteiger partial charge < -0.3 is 20.1 Å². The molecule has 1 atom stereocenters. The normalized spacial score (nSPS) is 12.1. The molecule has 0 radical (unpaired) electrons. The van der Waals surface area contributed by atoms with Crippen molar-refractivity contribution in [1.29, 1.82) is 0 Å². The molecule has 0 aliphatic rings. The second-order valence-corrected chi connectivity index (χ2v) is 2.98. The van der Waals surface area contributed by atoms with Crippen molar-refractivity contribution in [2.24, 2.45) is 0 Å². The van der Waals surface area contributed by atoms with Crippen LogP contribution in [-0.4, -0.2) is 40.6 Å². The molecule has 0 spiro atoms. The minimum Gasteiger partial charge on any atom is -0.491 e. The van der Waals surface area contributed by atoms with Gasteiger partial charge in [0.05, 0.1) is 12.2 Å². The maximum Gasteiger partial charge on any atom is 0.335 e. The lowest BCUT2D eigenvalue weighted by Crippen LogP contribution is -2.21. The summed E-state index contributed by atoms with van der Waals surface area (Å²) in [4.78, 5) is 10.5. The quantitative estimate of drug-likeness (QED) is 0.645. The van der Waals surface area contributed by atoms with Crippen molar-refractivity contribution in [3.8, 4) is 5.75 Å². The van der Waals surface area contributed by atoms with Gasteiger partial charge in [0, 0.05) is 0 Å². The molecule has 0 saturated heterocycles. The van der Waals surface area contributed by atoms with Gasteiger partial charge in [-0.15, -0.1) is 0 Å². The van der Waals surface area contributed by atoms with Crippen LogP contribution in [-0.2, 0) is 0 Å². The van der Waals surface area contributed by atoms with E-state index < -0.39 is 12.1 Å². The lowest BCUT2D eigenvalue weighted by atomic mass is 10.2. The van der Waals surface area contributed by atoms with Gasteiger partial charge in [-0.2, -0.15) is 0 Å². The van der Waals surface area contributed by atoms with Crippen LogP contribution in [0.5, 0.6) is 5.75 Å². The smallest absolute Gasteiger partial charge is 0.335 e. The highest BCUT2D eigenvalue weighted by molar-refractivity contribution is 5.87. The number of hydrogen-bond acceptors (Lipinski definition) is 4. The summed E-state index contributed by atoms with van der Waals surface area (Å²) in [6.45, 7) is -0.393. The zero-order valence-electron chi connectivity index (χ0n) is 7.96. The molecule has 0 unspecified atom stereocenters. The number of aliphatic hydroxyl groups is 2. The van der Waals surface area contributed by atoms with Gasteiger partial charge in [0.15, 0.2) is 0 Å². The molecule has 5 nitrogen and oxygen atoms in total. The number of benzene rings is 1. The highest BCUT2D eigenvalue weighted by Crippen LogP contribution is 2.12. The second-order valence-electron chi connectivity index (χ2n) is 2.98. The fraction of sp³-hybridized carbons (Fsp3) is 0.300. The van der Waals surface area contributed by atoms with Crippen LogP contribution in [0, 0.1) is 0 Å².